The van der Waals surface area contributed by atoms with Crippen LogP contribution in [0, 0.1) is 0 Å². The maximum absolute atomic E-state index is 10.5. The van der Waals surface area contributed by atoms with E-state index in [1.54, 1.807) is 7.11 Å². The second-order valence-corrected chi connectivity index (χ2v) is 7.16. The van der Waals surface area contributed by atoms with Crippen molar-refractivity contribution < 1.29 is 19.0 Å². The number of para-hydroxylation sites is 3. The molecule has 1 aliphatic rings. The number of anilines is 1. The molecule has 0 bridgehead atoms. The molecular weight excluding hydrogens is 384 g/mol. The second-order valence-electron chi connectivity index (χ2n) is 7.16. The zero-order valence-corrected chi connectivity index (χ0v) is 17.0. The summed E-state index contributed by atoms with van der Waals surface area (Å²) in [6.07, 6.45) is 0.685. The molecule has 0 amide bonds. The minimum absolute atomic E-state index is 0.192. The Hall–Kier alpha value is -3.10. The van der Waals surface area contributed by atoms with Crippen LogP contribution in [0.25, 0.3) is 11.5 Å². The highest BCUT2D eigenvalue weighted by Gasteiger charge is 2.22. The predicted molar refractivity (Wildman–Crippen MR) is 113 cm³/mol. The summed E-state index contributed by atoms with van der Waals surface area (Å²) >= 11 is 0. The van der Waals surface area contributed by atoms with Crippen LogP contribution in [0.2, 0.25) is 0 Å². The van der Waals surface area contributed by atoms with Crippen LogP contribution >= 0.6 is 0 Å². The normalized spacial score (nSPS) is 15.7. The van der Waals surface area contributed by atoms with E-state index >= 15 is 0 Å². The largest absolute Gasteiger partial charge is 0.495 e. The number of methoxy groups -OCH3 is 1. The number of piperazine rings is 1. The van der Waals surface area contributed by atoms with Gasteiger partial charge in [-0.15, -0.1) is 10.2 Å². The van der Waals surface area contributed by atoms with E-state index in [4.69, 9.17) is 13.9 Å². The standard InChI is InChI=1S/C22H26N4O4/c1-28-21-9-5-3-7-19(21)26-12-10-25(11-13-26)14-17(27)15-29-20-8-4-2-6-18(20)22-24-23-16-30-22/h2-9,16-17,27H,10-15H2,1H3. The van der Waals surface area contributed by atoms with Crippen LogP contribution in [0.1, 0.15) is 0 Å². The fourth-order valence-corrected chi connectivity index (χ4v) is 3.66. The molecular formula is C22H26N4O4. The predicted octanol–water partition coefficient (Wildman–Crippen LogP) is 2.31. The molecule has 0 saturated carbocycles. The lowest BCUT2D eigenvalue weighted by molar-refractivity contribution is 0.0664. The number of nitrogens with zero attached hydrogens (tertiary/aromatic N) is 4. The Kier molecular flexibility index (Phi) is 6.46. The molecule has 1 aromatic heterocycles. The van der Waals surface area contributed by atoms with Gasteiger partial charge in [-0.2, -0.15) is 0 Å². The van der Waals surface area contributed by atoms with Gasteiger partial charge in [-0.25, -0.2) is 0 Å². The van der Waals surface area contributed by atoms with Crippen LogP contribution in [-0.4, -0.2) is 72.7 Å². The molecule has 2 aromatic carbocycles. The molecule has 158 valence electrons. The van der Waals surface area contributed by atoms with Crippen LogP contribution in [-0.2, 0) is 0 Å². The molecule has 3 aromatic rings. The number of hydrogen-bond acceptors (Lipinski definition) is 8. The second kappa shape index (κ2) is 9.60. The van der Waals surface area contributed by atoms with Crippen LogP contribution in [0.4, 0.5) is 5.69 Å². The lowest BCUT2D eigenvalue weighted by atomic mass is 10.2. The molecule has 1 aliphatic heterocycles. The lowest BCUT2D eigenvalue weighted by Gasteiger charge is -2.37. The number of rotatable bonds is 8. The Labute approximate surface area is 175 Å². The molecule has 0 aliphatic carbocycles. The first-order valence-electron chi connectivity index (χ1n) is 10.0. The van der Waals surface area contributed by atoms with Gasteiger partial charge in [0.15, 0.2) is 0 Å². The lowest BCUT2D eigenvalue weighted by Crippen LogP contribution is -2.49. The molecule has 8 heteroatoms. The number of aliphatic hydroxyl groups is 1. The van der Waals surface area contributed by atoms with Gasteiger partial charge in [-0.1, -0.05) is 24.3 Å². The molecule has 8 nitrogen and oxygen atoms in total. The number of ether oxygens (including phenoxy) is 2. The van der Waals surface area contributed by atoms with Gasteiger partial charge in [-0.05, 0) is 24.3 Å². The first kappa shape index (κ1) is 20.2. The fourth-order valence-electron chi connectivity index (χ4n) is 3.66. The minimum Gasteiger partial charge on any atom is -0.495 e. The van der Waals surface area contributed by atoms with Crippen LogP contribution in [0.15, 0.2) is 59.3 Å². The highest BCUT2D eigenvalue weighted by molar-refractivity contribution is 5.62. The number of aromatic nitrogens is 2. The van der Waals surface area contributed by atoms with E-state index in [-0.39, 0.29) is 6.61 Å². The summed E-state index contributed by atoms with van der Waals surface area (Å²) in [6, 6.07) is 15.5. The smallest absolute Gasteiger partial charge is 0.251 e. The Morgan fingerprint density at radius 2 is 1.77 bits per heavy atom. The van der Waals surface area contributed by atoms with Crippen molar-refractivity contribution >= 4 is 5.69 Å². The summed E-state index contributed by atoms with van der Waals surface area (Å²) in [6.45, 7) is 4.25. The van der Waals surface area contributed by atoms with Crippen LogP contribution in [0.5, 0.6) is 11.5 Å². The first-order valence-corrected chi connectivity index (χ1v) is 10.0. The van der Waals surface area contributed by atoms with Crippen molar-refractivity contribution in [2.75, 3.05) is 51.3 Å². The Bertz CT molecular complexity index is 926. The monoisotopic (exact) mass is 410 g/mol. The Morgan fingerprint density at radius 1 is 1.03 bits per heavy atom. The highest BCUT2D eigenvalue weighted by atomic mass is 16.5. The molecule has 30 heavy (non-hydrogen) atoms. The molecule has 1 fully saturated rings. The van der Waals surface area contributed by atoms with E-state index < -0.39 is 6.10 Å². The maximum atomic E-state index is 10.5. The average Bonchev–Trinajstić information content (AvgIpc) is 3.33. The molecule has 1 unspecified atom stereocenters. The zero-order valence-electron chi connectivity index (χ0n) is 17.0. The maximum Gasteiger partial charge on any atom is 0.251 e. The van der Waals surface area contributed by atoms with E-state index in [2.05, 4.69) is 26.1 Å². The third kappa shape index (κ3) is 4.72. The van der Waals surface area contributed by atoms with E-state index in [0.29, 0.717) is 23.7 Å². The Balaban J connectivity index is 1.28. The molecule has 1 N–H and O–H groups in total. The van der Waals surface area contributed by atoms with Crippen LogP contribution in [0.3, 0.4) is 0 Å². The van der Waals surface area contributed by atoms with Crippen molar-refractivity contribution in [1.82, 2.24) is 15.1 Å². The quantitative estimate of drug-likeness (QED) is 0.606. The van der Waals surface area contributed by atoms with Gasteiger partial charge < -0.3 is 23.9 Å². The summed E-state index contributed by atoms with van der Waals surface area (Å²) in [5, 5.41) is 18.1. The number of β-amino-alcohol motifs (C(OH)–C–C–N with tert-alkyl or cyclic N) is 1. The summed E-state index contributed by atoms with van der Waals surface area (Å²) in [7, 11) is 1.70. The molecule has 2 heterocycles. The SMILES string of the molecule is COc1ccccc1N1CCN(CC(O)COc2ccccc2-c2nnco2)CC1. The molecule has 1 saturated heterocycles. The molecule has 0 radical (unpaired) electrons. The van der Waals surface area contributed by atoms with Crippen molar-refractivity contribution in [3.05, 3.63) is 54.9 Å². The van der Waals surface area contributed by atoms with Gasteiger partial charge in [0.1, 0.15) is 24.2 Å². The van der Waals surface area contributed by atoms with Crippen molar-refractivity contribution in [3.8, 4) is 23.0 Å². The Morgan fingerprint density at radius 3 is 2.50 bits per heavy atom. The van der Waals surface area contributed by atoms with Gasteiger partial charge in [0.05, 0.1) is 18.4 Å². The number of hydrogen-bond donors (Lipinski definition) is 1. The summed E-state index contributed by atoms with van der Waals surface area (Å²) < 4.78 is 16.6. The molecule has 0 spiro atoms. The van der Waals surface area contributed by atoms with Gasteiger partial charge in [0, 0.05) is 32.7 Å². The van der Waals surface area contributed by atoms with Crippen molar-refractivity contribution in [2.45, 2.75) is 6.10 Å². The molecule has 1 atom stereocenters. The molecule has 4 rings (SSSR count). The van der Waals surface area contributed by atoms with Crippen molar-refractivity contribution in [1.29, 1.82) is 0 Å². The summed E-state index contributed by atoms with van der Waals surface area (Å²) in [5.74, 6) is 1.90. The third-order valence-electron chi connectivity index (χ3n) is 5.18. The summed E-state index contributed by atoms with van der Waals surface area (Å²) in [5.41, 5.74) is 1.83. The zero-order chi connectivity index (χ0) is 20.8. The van der Waals surface area contributed by atoms with E-state index in [0.717, 1.165) is 37.6 Å². The van der Waals surface area contributed by atoms with Gasteiger partial charge >= 0.3 is 0 Å². The topological polar surface area (TPSA) is 84.1 Å². The number of benzene rings is 2. The van der Waals surface area contributed by atoms with Crippen LogP contribution < -0.4 is 14.4 Å². The average molecular weight is 410 g/mol. The van der Waals surface area contributed by atoms with E-state index in [1.807, 2.05) is 42.5 Å². The van der Waals surface area contributed by atoms with E-state index in [1.165, 1.54) is 6.39 Å². The van der Waals surface area contributed by atoms with Crippen molar-refractivity contribution in [3.63, 3.8) is 0 Å². The van der Waals surface area contributed by atoms with Gasteiger partial charge in [-0.3, -0.25) is 4.90 Å². The first-order chi connectivity index (χ1) is 14.7. The van der Waals surface area contributed by atoms with E-state index in [9.17, 15) is 5.11 Å². The third-order valence-corrected chi connectivity index (χ3v) is 5.18. The highest BCUT2D eigenvalue weighted by Crippen LogP contribution is 2.29. The van der Waals surface area contributed by atoms with Crippen molar-refractivity contribution in [2.24, 2.45) is 0 Å². The van der Waals surface area contributed by atoms with Gasteiger partial charge in [0.25, 0.3) is 5.89 Å². The summed E-state index contributed by atoms with van der Waals surface area (Å²) in [4.78, 5) is 4.57. The minimum atomic E-state index is -0.599. The van der Waals surface area contributed by atoms with Gasteiger partial charge in [0.2, 0.25) is 6.39 Å². The number of aliphatic hydroxyl groups excluding tert-OH is 1. The fraction of sp³-hybridized carbons (Fsp3) is 0.364.